The third kappa shape index (κ3) is 4.56. The maximum absolute atomic E-state index is 12.3. The molecule has 2 aromatic rings. The number of aromatic nitrogens is 2. The lowest BCUT2D eigenvalue weighted by Gasteiger charge is -2.44. The Bertz CT molecular complexity index is 882. The molecule has 28 heavy (non-hydrogen) atoms. The molecule has 0 radical (unpaired) electrons. The number of halogens is 3. The number of ether oxygens (including phenoxy) is 2. The first-order chi connectivity index (χ1) is 13.5. The molecule has 0 unspecified atom stereocenters. The molecule has 1 aromatic carbocycles. The highest BCUT2D eigenvalue weighted by atomic mass is 32.1. The predicted octanol–water partition coefficient (Wildman–Crippen LogP) is 3.68. The summed E-state index contributed by atoms with van der Waals surface area (Å²) in [6, 6.07) is 5.54. The molecule has 0 amide bonds. The normalized spacial score (nSPS) is 23.8. The number of benzene rings is 1. The highest BCUT2D eigenvalue weighted by molar-refractivity contribution is 6.99. The fourth-order valence-corrected chi connectivity index (χ4v) is 4.36. The molecular weight excluding hydrogens is 391 g/mol. The molecule has 4 heterocycles. The van der Waals surface area contributed by atoms with Crippen LogP contribution in [0.1, 0.15) is 30.0 Å². The number of piperidine rings is 3. The van der Waals surface area contributed by atoms with Gasteiger partial charge in [0.25, 0.3) is 0 Å². The van der Waals surface area contributed by atoms with Gasteiger partial charge < -0.3 is 14.4 Å². The Morgan fingerprint density at radius 3 is 2.75 bits per heavy atom. The molecule has 3 aliphatic heterocycles. The summed E-state index contributed by atoms with van der Waals surface area (Å²) in [5.74, 6) is 6.79. The Morgan fingerprint density at radius 2 is 2.04 bits per heavy atom. The molecule has 3 aliphatic rings. The average molecular weight is 409 g/mol. The van der Waals surface area contributed by atoms with Crippen molar-refractivity contribution in [3.63, 3.8) is 0 Å². The van der Waals surface area contributed by atoms with E-state index in [0.717, 1.165) is 37.1 Å². The number of nitrogens with zero attached hydrogens (tertiary/aromatic N) is 3. The standard InChI is InChI=1S/C19H18F3N3O2S/c20-19(21,22)27-15-5-1-3-13(11-15)4-2-10-26-18-17(23-28-24-18)16-12-25-8-6-14(16)7-9-25/h1,3,5,11,14,16H,6-10,12H2/t16-/m1/s1. The first-order valence-electron chi connectivity index (χ1n) is 9.00. The monoisotopic (exact) mass is 409 g/mol. The quantitative estimate of drug-likeness (QED) is 0.721. The molecule has 3 saturated heterocycles. The summed E-state index contributed by atoms with van der Waals surface area (Å²) in [6.45, 7) is 3.38. The fraction of sp³-hybridized carbons (Fsp3) is 0.474. The van der Waals surface area contributed by atoms with Gasteiger partial charge >= 0.3 is 6.36 Å². The van der Waals surface area contributed by atoms with Gasteiger partial charge in [0.1, 0.15) is 11.4 Å². The second-order valence-corrected chi connectivity index (χ2v) is 7.39. The van der Waals surface area contributed by atoms with E-state index >= 15 is 0 Å². The molecular formula is C19H18F3N3O2S. The van der Waals surface area contributed by atoms with Gasteiger partial charge in [-0.3, -0.25) is 0 Å². The number of alkyl halides is 3. The van der Waals surface area contributed by atoms with Crippen molar-refractivity contribution in [2.45, 2.75) is 25.1 Å². The Morgan fingerprint density at radius 1 is 1.21 bits per heavy atom. The van der Waals surface area contributed by atoms with E-state index in [1.165, 1.54) is 31.0 Å². The van der Waals surface area contributed by atoms with Crippen molar-refractivity contribution in [1.29, 1.82) is 0 Å². The second-order valence-electron chi connectivity index (χ2n) is 6.87. The lowest BCUT2D eigenvalue weighted by Crippen LogP contribution is -2.46. The van der Waals surface area contributed by atoms with Crippen LogP contribution in [-0.2, 0) is 0 Å². The van der Waals surface area contributed by atoms with Gasteiger partial charge in [0.05, 0.1) is 11.7 Å². The van der Waals surface area contributed by atoms with Crippen molar-refractivity contribution in [2.75, 3.05) is 26.2 Å². The van der Waals surface area contributed by atoms with Crippen LogP contribution in [0.25, 0.3) is 0 Å². The number of hydrogen-bond donors (Lipinski definition) is 0. The van der Waals surface area contributed by atoms with Gasteiger partial charge in [-0.25, -0.2) is 0 Å². The summed E-state index contributed by atoms with van der Waals surface area (Å²) >= 11 is 1.13. The summed E-state index contributed by atoms with van der Waals surface area (Å²) in [5, 5.41) is 0. The maximum atomic E-state index is 12.3. The Balaban J connectivity index is 1.37. The first kappa shape index (κ1) is 19.0. The van der Waals surface area contributed by atoms with Crippen molar-refractivity contribution in [3.05, 3.63) is 35.5 Å². The van der Waals surface area contributed by atoms with Crippen LogP contribution in [0.5, 0.6) is 11.6 Å². The zero-order valence-corrected chi connectivity index (χ0v) is 15.7. The first-order valence-corrected chi connectivity index (χ1v) is 9.73. The van der Waals surface area contributed by atoms with Gasteiger partial charge in [0.15, 0.2) is 6.61 Å². The van der Waals surface area contributed by atoms with E-state index in [2.05, 4.69) is 30.2 Å². The van der Waals surface area contributed by atoms with E-state index in [4.69, 9.17) is 4.74 Å². The Hall–Kier alpha value is -2.31. The Labute approximate surface area is 164 Å². The molecule has 0 saturated carbocycles. The lowest BCUT2D eigenvalue weighted by atomic mass is 9.77. The molecule has 1 aromatic heterocycles. The third-order valence-electron chi connectivity index (χ3n) is 5.07. The summed E-state index contributed by atoms with van der Waals surface area (Å²) in [6.07, 6.45) is -2.37. The fourth-order valence-electron chi connectivity index (χ4n) is 3.80. The van der Waals surface area contributed by atoms with Gasteiger partial charge in [-0.2, -0.15) is 4.37 Å². The number of hydrogen-bond acceptors (Lipinski definition) is 6. The second kappa shape index (κ2) is 7.97. The van der Waals surface area contributed by atoms with E-state index in [9.17, 15) is 13.2 Å². The smallest absolute Gasteiger partial charge is 0.463 e. The van der Waals surface area contributed by atoms with E-state index in [-0.39, 0.29) is 12.4 Å². The molecule has 148 valence electrons. The van der Waals surface area contributed by atoms with E-state index in [1.54, 1.807) is 6.07 Å². The summed E-state index contributed by atoms with van der Waals surface area (Å²) < 4.78 is 55.2. The van der Waals surface area contributed by atoms with E-state index in [0.29, 0.717) is 23.3 Å². The minimum atomic E-state index is -4.72. The average Bonchev–Trinajstić information content (AvgIpc) is 3.13. The van der Waals surface area contributed by atoms with E-state index < -0.39 is 6.36 Å². The molecule has 3 fully saturated rings. The maximum Gasteiger partial charge on any atom is 0.573 e. The molecule has 0 N–H and O–H groups in total. The number of rotatable bonds is 4. The van der Waals surface area contributed by atoms with Crippen LogP contribution in [0, 0.1) is 17.8 Å². The van der Waals surface area contributed by atoms with Gasteiger partial charge in [-0.05, 0) is 50.0 Å². The lowest BCUT2D eigenvalue weighted by molar-refractivity contribution is -0.274. The van der Waals surface area contributed by atoms with Crippen LogP contribution in [-0.4, -0.2) is 46.3 Å². The molecule has 9 heteroatoms. The predicted molar refractivity (Wildman–Crippen MR) is 97.3 cm³/mol. The van der Waals surface area contributed by atoms with Crippen LogP contribution in [0.15, 0.2) is 24.3 Å². The summed E-state index contributed by atoms with van der Waals surface area (Å²) in [7, 11) is 0. The largest absolute Gasteiger partial charge is 0.573 e. The topological polar surface area (TPSA) is 47.5 Å². The molecule has 5 nitrogen and oxygen atoms in total. The van der Waals surface area contributed by atoms with Crippen molar-refractivity contribution in [1.82, 2.24) is 13.6 Å². The molecule has 1 atom stereocenters. The SMILES string of the molecule is FC(F)(F)Oc1cccc(C#CCOc2nsnc2[C@@H]2CN3CCC2CC3)c1. The van der Waals surface area contributed by atoms with Gasteiger partial charge in [-0.15, -0.1) is 17.5 Å². The minimum absolute atomic E-state index is 0.0872. The number of fused-ring (bicyclic) bond motifs is 3. The van der Waals surface area contributed by atoms with Crippen molar-refractivity contribution >= 4 is 11.7 Å². The Kier molecular flexibility index (Phi) is 5.42. The van der Waals surface area contributed by atoms with Crippen LogP contribution >= 0.6 is 11.7 Å². The summed E-state index contributed by atoms with van der Waals surface area (Å²) in [4.78, 5) is 2.45. The zero-order valence-electron chi connectivity index (χ0n) is 14.9. The van der Waals surface area contributed by atoms with Crippen molar-refractivity contribution < 1.29 is 22.6 Å². The van der Waals surface area contributed by atoms with Crippen LogP contribution < -0.4 is 9.47 Å². The van der Waals surface area contributed by atoms with Gasteiger partial charge in [0.2, 0.25) is 5.88 Å². The molecule has 0 aliphatic carbocycles. The molecule has 2 bridgehead atoms. The van der Waals surface area contributed by atoms with Crippen molar-refractivity contribution in [3.8, 4) is 23.5 Å². The summed E-state index contributed by atoms with van der Waals surface area (Å²) in [5.41, 5.74) is 1.32. The zero-order chi connectivity index (χ0) is 19.6. The van der Waals surface area contributed by atoms with Crippen LogP contribution in [0.3, 0.4) is 0 Å². The molecule has 5 rings (SSSR count). The highest BCUT2D eigenvalue weighted by Crippen LogP contribution is 2.41. The van der Waals surface area contributed by atoms with Crippen LogP contribution in [0.2, 0.25) is 0 Å². The van der Waals surface area contributed by atoms with Crippen LogP contribution in [0.4, 0.5) is 13.2 Å². The highest BCUT2D eigenvalue weighted by Gasteiger charge is 2.38. The van der Waals surface area contributed by atoms with E-state index in [1.807, 2.05) is 0 Å². The van der Waals surface area contributed by atoms with Crippen molar-refractivity contribution in [2.24, 2.45) is 5.92 Å². The minimum Gasteiger partial charge on any atom is -0.463 e. The third-order valence-corrected chi connectivity index (χ3v) is 5.60. The van der Waals surface area contributed by atoms with Gasteiger partial charge in [-0.1, -0.05) is 17.9 Å². The molecule has 0 spiro atoms. The van der Waals surface area contributed by atoms with Gasteiger partial charge in [0, 0.05) is 18.0 Å².